The van der Waals surface area contributed by atoms with Crippen molar-refractivity contribution in [2.24, 2.45) is 5.92 Å². The van der Waals surface area contributed by atoms with Crippen molar-refractivity contribution in [3.8, 4) is 5.75 Å². The number of rotatable bonds is 7. The van der Waals surface area contributed by atoms with Crippen LogP contribution in [0.15, 0.2) is 27.2 Å². The van der Waals surface area contributed by atoms with Crippen molar-refractivity contribution in [1.82, 2.24) is 10.1 Å². The van der Waals surface area contributed by atoms with E-state index < -0.39 is 0 Å². The van der Waals surface area contributed by atoms with E-state index >= 15 is 0 Å². The predicted octanol–water partition coefficient (Wildman–Crippen LogP) is 5.34. The molecule has 0 bridgehead atoms. The van der Waals surface area contributed by atoms with Gasteiger partial charge in [0.05, 0.1) is 6.61 Å². The van der Waals surface area contributed by atoms with Crippen LogP contribution in [0.2, 0.25) is 0 Å². The predicted molar refractivity (Wildman–Crippen MR) is 107 cm³/mol. The second kappa shape index (κ2) is 8.89. The Morgan fingerprint density at radius 1 is 1.31 bits per heavy atom. The summed E-state index contributed by atoms with van der Waals surface area (Å²) in [6, 6.07) is 6.83. The first kappa shape index (κ1) is 19.2. The monoisotopic (exact) mass is 421 g/mol. The molecule has 0 saturated carbocycles. The van der Waals surface area contributed by atoms with Crippen LogP contribution in [0.25, 0.3) is 0 Å². The van der Waals surface area contributed by atoms with Gasteiger partial charge in [-0.05, 0) is 62.3 Å². The summed E-state index contributed by atoms with van der Waals surface area (Å²) < 4.78 is 12.4. The lowest BCUT2D eigenvalue weighted by atomic mass is 9.92. The van der Waals surface area contributed by atoms with Crippen molar-refractivity contribution in [1.29, 1.82) is 0 Å². The molecule has 1 aliphatic rings. The van der Waals surface area contributed by atoms with E-state index in [1.807, 2.05) is 12.1 Å². The van der Waals surface area contributed by atoms with Gasteiger partial charge in [0.25, 0.3) is 0 Å². The van der Waals surface area contributed by atoms with Crippen molar-refractivity contribution in [2.45, 2.75) is 52.4 Å². The fourth-order valence-corrected chi connectivity index (χ4v) is 3.52. The molecule has 1 aromatic heterocycles. The highest BCUT2D eigenvalue weighted by Crippen LogP contribution is 2.26. The molecule has 3 rings (SSSR count). The van der Waals surface area contributed by atoms with Gasteiger partial charge < -0.3 is 14.2 Å². The van der Waals surface area contributed by atoms with Crippen LogP contribution in [-0.2, 0) is 0 Å². The molecule has 1 aromatic carbocycles. The first-order chi connectivity index (χ1) is 12.5. The van der Waals surface area contributed by atoms with E-state index in [0.29, 0.717) is 11.9 Å². The average Bonchev–Trinajstić information content (AvgIpc) is 3.13. The SMILES string of the molecule is Cc1cc(OCCCC2CCN(c3nc(C(C)C)no3)CC2)ccc1Br. The van der Waals surface area contributed by atoms with Crippen LogP contribution in [0.4, 0.5) is 6.01 Å². The van der Waals surface area contributed by atoms with E-state index in [4.69, 9.17) is 9.26 Å². The minimum Gasteiger partial charge on any atom is -0.494 e. The number of ether oxygens (including phenoxy) is 1. The van der Waals surface area contributed by atoms with E-state index in [0.717, 1.165) is 48.1 Å². The molecule has 2 heterocycles. The zero-order valence-corrected chi connectivity index (χ0v) is 17.5. The summed E-state index contributed by atoms with van der Waals surface area (Å²) in [4.78, 5) is 6.72. The van der Waals surface area contributed by atoms with E-state index in [1.165, 1.54) is 24.8 Å². The zero-order valence-electron chi connectivity index (χ0n) is 15.9. The molecule has 142 valence electrons. The van der Waals surface area contributed by atoms with Gasteiger partial charge in [0.1, 0.15) is 5.75 Å². The Labute approximate surface area is 164 Å². The van der Waals surface area contributed by atoms with Crippen LogP contribution >= 0.6 is 15.9 Å². The average molecular weight is 422 g/mol. The molecular weight excluding hydrogens is 394 g/mol. The molecule has 0 radical (unpaired) electrons. The molecule has 5 nitrogen and oxygen atoms in total. The van der Waals surface area contributed by atoms with Gasteiger partial charge in [-0.1, -0.05) is 34.9 Å². The summed E-state index contributed by atoms with van der Waals surface area (Å²) in [5.41, 5.74) is 1.21. The van der Waals surface area contributed by atoms with Gasteiger partial charge in [-0.2, -0.15) is 4.98 Å². The highest BCUT2D eigenvalue weighted by Gasteiger charge is 2.23. The molecule has 0 unspecified atom stereocenters. The van der Waals surface area contributed by atoms with Crippen LogP contribution in [0.5, 0.6) is 5.75 Å². The van der Waals surface area contributed by atoms with E-state index in [1.54, 1.807) is 0 Å². The second-order valence-electron chi connectivity index (χ2n) is 7.42. The minimum absolute atomic E-state index is 0.305. The van der Waals surface area contributed by atoms with E-state index in [-0.39, 0.29) is 0 Å². The summed E-state index contributed by atoms with van der Waals surface area (Å²) in [5.74, 6) is 2.81. The third kappa shape index (κ3) is 5.00. The molecule has 26 heavy (non-hydrogen) atoms. The highest BCUT2D eigenvalue weighted by molar-refractivity contribution is 9.10. The lowest BCUT2D eigenvalue weighted by molar-refractivity contribution is 0.276. The zero-order chi connectivity index (χ0) is 18.5. The quantitative estimate of drug-likeness (QED) is 0.564. The number of hydrogen-bond acceptors (Lipinski definition) is 5. The molecule has 6 heteroatoms. The Morgan fingerprint density at radius 3 is 2.73 bits per heavy atom. The van der Waals surface area contributed by atoms with Gasteiger partial charge in [-0.3, -0.25) is 0 Å². The van der Waals surface area contributed by atoms with E-state index in [2.05, 4.69) is 57.8 Å². The first-order valence-corrected chi connectivity index (χ1v) is 10.3. The van der Waals surface area contributed by atoms with Crippen molar-refractivity contribution in [3.05, 3.63) is 34.1 Å². The normalized spacial score (nSPS) is 15.7. The Hall–Kier alpha value is -1.56. The summed E-state index contributed by atoms with van der Waals surface area (Å²) >= 11 is 3.52. The number of anilines is 1. The summed E-state index contributed by atoms with van der Waals surface area (Å²) in [6.07, 6.45) is 4.66. The van der Waals surface area contributed by atoms with Gasteiger partial charge >= 0.3 is 6.01 Å². The van der Waals surface area contributed by atoms with Crippen molar-refractivity contribution in [3.63, 3.8) is 0 Å². The number of piperidine rings is 1. The topological polar surface area (TPSA) is 51.4 Å². The number of nitrogens with zero attached hydrogens (tertiary/aromatic N) is 3. The van der Waals surface area contributed by atoms with Gasteiger partial charge in [0.15, 0.2) is 5.82 Å². The Balaban J connectivity index is 1.36. The van der Waals surface area contributed by atoms with Gasteiger partial charge in [-0.25, -0.2) is 0 Å². The molecule has 0 N–H and O–H groups in total. The Bertz CT molecular complexity index is 709. The molecule has 1 saturated heterocycles. The van der Waals surface area contributed by atoms with E-state index in [9.17, 15) is 0 Å². The smallest absolute Gasteiger partial charge is 0.324 e. The third-order valence-electron chi connectivity index (χ3n) is 4.99. The third-order valence-corrected chi connectivity index (χ3v) is 5.88. The molecule has 0 aliphatic carbocycles. The number of hydrogen-bond donors (Lipinski definition) is 0. The van der Waals surface area contributed by atoms with Gasteiger partial charge in [0.2, 0.25) is 0 Å². The fourth-order valence-electron chi connectivity index (χ4n) is 3.27. The molecule has 1 aliphatic heterocycles. The molecule has 2 aromatic rings. The standard InChI is InChI=1S/C20H28BrN3O2/c1-14(2)19-22-20(26-23-19)24-10-8-16(9-11-24)5-4-12-25-17-6-7-18(21)15(3)13-17/h6-7,13-14,16H,4-5,8-12H2,1-3H3. The summed E-state index contributed by atoms with van der Waals surface area (Å²) in [6.45, 7) is 9.02. The second-order valence-corrected chi connectivity index (χ2v) is 8.28. The molecular formula is C20H28BrN3O2. The van der Waals surface area contributed by atoms with Gasteiger partial charge in [0, 0.05) is 23.5 Å². The van der Waals surface area contributed by atoms with Gasteiger partial charge in [-0.15, -0.1) is 0 Å². The lowest BCUT2D eigenvalue weighted by Crippen LogP contribution is -2.34. The lowest BCUT2D eigenvalue weighted by Gasteiger charge is -2.30. The van der Waals surface area contributed by atoms with Crippen LogP contribution in [0, 0.1) is 12.8 Å². The summed E-state index contributed by atoms with van der Waals surface area (Å²) in [5, 5.41) is 4.06. The summed E-state index contributed by atoms with van der Waals surface area (Å²) in [7, 11) is 0. The maximum absolute atomic E-state index is 5.88. The Kier molecular flexibility index (Phi) is 6.57. The fraction of sp³-hybridized carbons (Fsp3) is 0.600. The van der Waals surface area contributed by atoms with Crippen molar-refractivity contribution < 1.29 is 9.26 Å². The number of aryl methyl sites for hydroxylation is 1. The highest BCUT2D eigenvalue weighted by atomic mass is 79.9. The largest absolute Gasteiger partial charge is 0.494 e. The number of benzene rings is 1. The number of halogens is 1. The van der Waals surface area contributed by atoms with Crippen LogP contribution in [0.1, 0.15) is 56.8 Å². The molecule has 1 fully saturated rings. The van der Waals surface area contributed by atoms with Crippen molar-refractivity contribution in [2.75, 3.05) is 24.6 Å². The van der Waals surface area contributed by atoms with Crippen LogP contribution in [-0.4, -0.2) is 29.8 Å². The van der Waals surface area contributed by atoms with Crippen LogP contribution < -0.4 is 9.64 Å². The molecule has 0 atom stereocenters. The van der Waals surface area contributed by atoms with Crippen LogP contribution in [0.3, 0.4) is 0 Å². The van der Waals surface area contributed by atoms with Crippen molar-refractivity contribution >= 4 is 21.9 Å². The molecule has 0 amide bonds. The molecule has 0 spiro atoms. The maximum Gasteiger partial charge on any atom is 0.324 e. The minimum atomic E-state index is 0.305. The first-order valence-electron chi connectivity index (χ1n) is 9.50. The Morgan fingerprint density at radius 2 is 2.08 bits per heavy atom. The maximum atomic E-state index is 5.88. The number of aromatic nitrogens is 2.